The molecule has 2 aromatic heterocycles. The summed E-state index contributed by atoms with van der Waals surface area (Å²) in [4.78, 5) is 18.9. The van der Waals surface area contributed by atoms with Crippen molar-refractivity contribution in [2.45, 2.75) is 58.2 Å². The molecule has 1 saturated heterocycles. The third-order valence-electron chi connectivity index (χ3n) is 8.29. The number of allylic oxidation sites excluding steroid dienone is 1. The molecule has 0 spiro atoms. The van der Waals surface area contributed by atoms with Gasteiger partial charge in [-0.05, 0) is 48.1 Å². The molecule has 0 N–H and O–H groups in total. The Bertz CT molecular complexity index is 1450. The fourth-order valence-corrected chi connectivity index (χ4v) is 6.13. The zero-order chi connectivity index (χ0) is 27.3. The minimum absolute atomic E-state index is 0.216. The molecular formula is C33H37FN6. The van der Waals surface area contributed by atoms with Gasteiger partial charge in [0.05, 0.1) is 35.3 Å². The van der Waals surface area contributed by atoms with Crippen molar-refractivity contribution in [3.05, 3.63) is 108 Å². The van der Waals surface area contributed by atoms with E-state index in [0.717, 1.165) is 86.5 Å². The lowest BCUT2D eigenvalue weighted by atomic mass is 9.98. The molecule has 0 unspecified atom stereocenters. The topological polar surface area (TPSA) is 50.1 Å². The van der Waals surface area contributed by atoms with Gasteiger partial charge in [-0.25, -0.2) is 9.37 Å². The number of aromatic nitrogens is 4. The molecule has 40 heavy (non-hydrogen) atoms. The lowest BCUT2D eigenvalue weighted by Gasteiger charge is -2.41. The molecule has 6 nitrogen and oxygen atoms in total. The van der Waals surface area contributed by atoms with Crippen molar-refractivity contribution in [2.24, 2.45) is 0 Å². The summed E-state index contributed by atoms with van der Waals surface area (Å²) in [5, 5.41) is 0. The molecule has 4 heterocycles. The van der Waals surface area contributed by atoms with Gasteiger partial charge in [-0.2, -0.15) is 0 Å². The first kappa shape index (κ1) is 26.4. The Morgan fingerprint density at radius 1 is 0.975 bits per heavy atom. The predicted octanol–water partition coefficient (Wildman–Crippen LogP) is 6.19. The molecule has 206 valence electrons. The van der Waals surface area contributed by atoms with E-state index in [1.54, 1.807) is 0 Å². The zero-order valence-electron chi connectivity index (χ0n) is 23.2. The summed E-state index contributed by atoms with van der Waals surface area (Å²) in [5.74, 6) is -0.216. The average molecular weight is 537 g/mol. The molecule has 0 aliphatic carbocycles. The van der Waals surface area contributed by atoms with Crippen molar-refractivity contribution in [2.75, 3.05) is 19.6 Å². The minimum Gasteiger partial charge on any atom is -0.370 e. The van der Waals surface area contributed by atoms with E-state index in [-0.39, 0.29) is 5.82 Å². The van der Waals surface area contributed by atoms with E-state index in [9.17, 15) is 4.39 Å². The van der Waals surface area contributed by atoms with Gasteiger partial charge in [-0.1, -0.05) is 55.8 Å². The van der Waals surface area contributed by atoms with E-state index < -0.39 is 0 Å². The molecule has 0 atom stereocenters. The number of imidazole rings is 1. The van der Waals surface area contributed by atoms with Crippen molar-refractivity contribution in [3.8, 4) is 11.1 Å². The van der Waals surface area contributed by atoms with Gasteiger partial charge >= 0.3 is 0 Å². The SMILES string of the molecule is CCC/C=C(/c1cncn1Cc1ccccc1-c1ccc(F)cc1)N1CCC(N2CCc3nccnc3C2)CC1. The third-order valence-corrected chi connectivity index (χ3v) is 8.29. The molecule has 7 heteroatoms. The Morgan fingerprint density at radius 2 is 1.75 bits per heavy atom. The fourth-order valence-electron chi connectivity index (χ4n) is 6.13. The number of hydrogen-bond acceptors (Lipinski definition) is 5. The smallest absolute Gasteiger partial charge is 0.123 e. The molecule has 0 radical (unpaired) electrons. The highest BCUT2D eigenvalue weighted by Gasteiger charge is 2.29. The molecule has 0 saturated carbocycles. The van der Waals surface area contributed by atoms with Gasteiger partial charge in [0.25, 0.3) is 0 Å². The van der Waals surface area contributed by atoms with Gasteiger partial charge in [0.15, 0.2) is 0 Å². The number of fused-ring (bicyclic) bond motifs is 1. The molecule has 6 rings (SSSR count). The second-order valence-electron chi connectivity index (χ2n) is 10.8. The Balaban J connectivity index is 1.19. The highest BCUT2D eigenvalue weighted by molar-refractivity contribution is 5.68. The van der Waals surface area contributed by atoms with Gasteiger partial charge in [-0.3, -0.25) is 14.9 Å². The highest BCUT2D eigenvalue weighted by Crippen LogP contribution is 2.30. The lowest BCUT2D eigenvalue weighted by molar-refractivity contribution is 0.117. The minimum atomic E-state index is -0.216. The van der Waals surface area contributed by atoms with Crippen LogP contribution in [-0.2, 0) is 19.5 Å². The quantitative estimate of drug-likeness (QED) is 0.269. The Kier molecular flexibility index (Phi) is 8.00. The number of halogens is 1. The largest absolute Gasteiger partial charge is 0.370 e. The average Bonchev–Trinajstić information content (AvgIpc) is 3.46. The summed E-state index contributed by atoms with van der Waals surface area (Å²) in [6.45, 7) is 6.97. The first-order chi connectivity index (χ1) is 19.7. The van der Waals surface area contributed by atoms with E-state index in [1.807, 2.05) is 43.1 Å². The van der Waals surface area contributed by atoms with Crippen molar-refractivity contribution < 1.29 is 4.39 Å². The molecule has 1 fully saturated rings. The normalized spacial score (nSPS) is 16.8. The van der Waals surface area contributed by atoms with Crippen LogP contribution in [0.25, 0.3) is 16.8 Å². The fraction of sp³-hybridized carbons (Fsp3) is 0.364. The maximum absolute atomic E-state index is 13.6. The van der Waals surface area contributed by atoms with Crippen LogP contribution in [0.1, 0.15) is 55.3 Å². The molecule has 2 aromatic carbocycles. The standard InChI is InChI=1S/C33H37FN6/c1-2-3-8-32(38-18-13-28(14-19-38)39-20-15-30-31(23-39)37-17-16-36-30)33-21-35-24-40(33)22-26-6-4-5-7-29(26)25-9-11-27(34)12-10-25/h4-12,16-17,21,24,28H,2-3,13-15,18-20,22-23H2,1H3/b32-8-. The number of hydrogen-bond donors (Lipinski definition) is 0. The monoisotopic (exact) mass is 536 g/mol. The van der Waals surface area contributed by atoms with Crippen LogP contribution in [-0.4, -0.2) is 55.0 Å². The number of rotatable bonds is 8. The second kappa shape index (κ2) is 12.1. The van der Waals surface area contributed by atoms with Gasteiger partial charge in [-0.15, -0.1) is 0 Å². The van der Waals surface area contributed by atoms with E-state index in [1.165, 1.54) is 23.4 Å². The van der Waals surface area contributed by atoms with Crippen molar-refractivity contribution in [3.63, 3.8) is 0 Å². The van der Waals surface area contributed by atoms with Crippen LogP contribution >= 0.6 is 0 Å². The molecule has 2 aliphatic heterocycles. The predicted molar refractivity (Wildman–Crippen MR) is 157 cm³/mol. The van der Waals surface area contributed by atoms with Crippen LogP contribution in [0, 0.1) is 5.82 Å². The second-order valence-corrected chi connectivity index (χ2v) is 10.8. The molecule has 2 aliphatic rings. The van der Waals surface area contributed by atoms with Crippen LogP contribution in [0.4, 0.5) is 4.39 Å². The van der Waals surface area contributed by atoms with Crippen LogP contribution in [0.2, 0.25) is 0 Å². The van der Waals surface area contributed by atoms with Gasteiger partial charge < -0.3 is 9.47 Å². The molecule has 0 amide bonds. The van der Waals surface area contributed by atoms with Crippen LogP contribution in [0.3, 0.4) is 0 Å². The molecule has 0 bridgehead atoms. The van der Waals surface area contributed by atoms with Gasteiger partial charge in [0.1, 0.15) is 5.82 Å². The summed E-state index contributed by atoms with van der Waals surface area (Å²) in [7, 11) is 0. The van der Waals surface area contributed by atoms with E-state index in [4.69, 9.17) is 0 Å². The number of likely N-dealkylation sites (tertiary alicyclic amines) is 1. The number of piperidine rings is 1. The summed E-state index contributed by atoms with van der Waals surface area (Å²) < 4.78 is 15.8. The molecular weight excluding hydrogens is 499 g/mol. The first-order valence-corrected chi connectivity index (χ1v) is 14.5. The lowest BCUT2D eigenvalue weighted by Crippen LogP contribution is -2.46. The van der Waals surface area contributed by atoms with Crippen molar-refractivity contribution >= 4 is 5.70 Å². The summed E-state index contributed by atoms with van der Waals surface area (Å²) >= 11 is 0. The molecule has 4 aromatic rings. The van der Waals surface area contributed by atoms with Gasteiger partial charge in [0.2, 0.25) is 0 Å². The Hall–Kier alpha value is -3.84. The third kappa shape index (κ3) is 5.70. The number of nitrogens with zero attached hydrogens (tertiary/aromatic N) is 6. The van der Waals surface area contributed by atoms with Gasteiger partial charge in [0, 0.05) is 57.6 Å². The maximum atomic E-state index is 13.6. The maximum Gasteiger partial charge on any atom is 0.123 e. The van der Waals surface area contributed by atoms with E-state index >= 15 is 0 Å². The summed E-state index contributed by atoms with van der Waals surface area (Å²) in [6.07, 6.45) is 15.4. The van der Waals surface area contributed by atoms with E-state index in [0.29, 0.717) is 12.6 Å². The first-order valence-electron chi connectivity index (χ1n) is 14.5. The Labute approximate surface area is 236 Å². The summed E-state index contributed by atoms with van der Waals surface area (Å²) in [6, 6.07) is 15.7. The highest BCUT2D eigenvalue weighted by atomic mass is 19.1. The van der Waals surface area contributed by atoms with Crippen LogP contribution in [0.5, 0.6) is 0 Å². The summed E-state index contributed by atoms with van der Waals surface area (Å²) in [5.41, 5.74) is 8.08. The number of unbranched alkanes of at least 4 members (excludes halogenated alkanes) is 1. The van der Waals surface area contributed by atoms with Crippen molar-refractivity contribution in [1.82, 2.24) is 29.3 Å². The number of benzene rings is 2. The Morgan fingerprint density at radius 3 is 2.55 bits per heavy atom. The van der Waals surface area contributed by atoms with E-state index in [2.05, 4.69) is 60.5 Å². The zero-order valence-corrected chi connectivity index (χ0v) is 23.2. The van der Waals surface area contributed by atoms with Crippen molar-refractivity contribution in [1.29, 1.82) is 0 Å². The van der Waals surface area contributed by atoms with Crippen LogP contribution < -0.4 is 0 Å². The van der Waals surface area contributed by atoms with Crippen LogP contribution in [0.15, 0.2) is 79.5 Å².